The molecule has 140 valence electrons. The number of carbonyl (C=O) groups is 1. The third-order valence-electron chi connectivity index (χ3n) is 3.94. The summed E-state index contributed by atoms with van der Waals surface area (Å²) in [6.45, 7) is -0.488. The number of aromatic nitrogens is 2. The highest BCUT2D eigenvalue weighted by Crippen LogP contribution is 2.33. The zero-order valence-electron chi connectivity index (χ0n) is 14.1. The Balaban J connectivity index is 2.05. The minimum atomic E-state index is -4.67. The fourth-order valence-corrected chi connectivity index (χ4v) is 2.65. The second-order valence-corrected chi connectivity index (χ2v) is 5.71. The van der Waals surface area contributed by atoms with Crippen molar-refractivity contribution < 1.29 is 27.1 Å². The van der Waals surface area contributed by atoms with Crippen LogP contribution in [-0.2, 0) is 17.5 Å². The predicted octanol–water partition coefficient (Wildman–Crippen LogP) is 4.54. The molecule has 0 fully saturated rings. The maximum absolute atomic E-state index is 14.5. The van der Waals surface area contributed by atoms with Crippen molar-refractivity contribution in [3.63, 3.8) is 0 Å². The van der Waals surface area contributed by atoms with Crippen molar-refractivity contribution in [3.05, 3.63) is 77.2 Å². The molecule has 3 rings (SSSR count). The van der Waals surface area contributed by atoms with Crippen LogP contribution in [-0.4, -0.2) is 22.9 Å². The smallest absolute Gasteiger partial charge is 0.433 e. The van der Waals surface area contributed by atoms with Crippen molar-refractivity contribution in [2.24, 2.45) is 0 Å². The van der Waals surface area contributed by atoms with Crippen molar-refractivity contribution in [3.8, 4) is 11.3 Å². The van der Waals surface area contributed by atoms with E-state index in [1.54, 1.807) is 30.3 Å². The Morgan fingerprint density at radius 1 is 1.11 bits per heavy atom. The van der Waals surface area contributed by atoms with Gasteiger partial charge >= 0.3 is 12.1 Å². The van der Waals surface area contributed by atoms with Gasteiger partial charge in [0, 0.05) is 11.1 Å². The Morgan fingerprint density at radius 3 is 2.44 bits per heavy atom. The third-order valence-corrected chi connectivity index (χ3v) is 3.94. The fourth-order valence-electron chi connectivity index (χ4n) is 2.65. The van der Waals surface area contributed by atoms with Gasteiger partial charge in [0.15, 0.2) is 0 Å². The molecule has 0 bridgehead atoms. The monoisotopic (exact) mass is 378 g/mol. The van der Waals surface area contributed by atoms with E-state index in [0.717, 1.165) is 13.2 Å². The average molecular weight is 378 g/mol. The Hall–Kier alpha value is -3.16. The molecule has 0 radical (unpaired) electrons. The lowest BCUT2D eigenvalue weighted by atomic mass is 10.1. The minimum Gasteiger partial charge on any atom is -0.465 e. The van der Waals surface area contributed by atoms with Crippen LogP contribution < -0.4 is 0 Å². The summed E-state index contributed by atoms with van der Waals surface area (Å²) < 4.78 is 59.9. The van der Waals surface area contributed by atoms with E-state index in [1.807, 2.05) is 0 Å². The van der Waals surface area contributed by atoms with Gasteiger partial charge < -0.3 is 4.74 Å². The zero-order valence-corrected chi connectivity index (χ0v) is 14.1. The first kappa shape index (κ1) is 18.6. The lowest BCUT2D eigenvalue weighted by Crippen LogP contribution is -2.16. The number of carbonyl (C=O) groups excluding carboxylic acids is 1. The van der Waals surface area contributed by atoms with Gasteiger partial charge in [-0.1, -0.05) is 42.5 Å². The van der Waals surface area contributed by atoms with Crippen LogP contribution in [0.25, 0.3) is 11.3 Å². The highest BCUT2D eigenvalue weighted by Gasteiger charge is 2.36. The van der Waals surface area contributed by atoms with Crippen LogP contribution in [0.15, 0.2) is 54.6 Å². The first-order valence-corrected chi connectivity index (χ1v) is 7.87. The summed E-state index contributed by atoms with van der Waals surface area (Å²) in [7, 11) is 1.09. The molecule has 0 saturated heterocycles. The second-order valence-electron chi connectivity index (χ2n) is 5.71. The van der Waals surface area contributed by atoms with Crippen molar-refractivity contribution in [2.45, 2.75) is 12.7 Å². The van der Waals surface area contributed by atoms with Crippen LogP contribution in [0.4, 0.5) is 17.6 Å². The molecular weight excluding hydrogens is 364 g/mol. The number of ether oxygens (including phenoxy) is 1. The molecule has 0 aliphatic rings. The summed E-state index contributed by atoms with van der Waals surface area (Å²) >= 11 is 0. The zero-order chi connectivity index (χ0) is 19.6. The van der Waals surface area contributed by atoms with Gasteiger partial charge in [-0.25, -0.2) is 9.18 Å². The number of esters is 1. The van der Waals surface area contributed by atoms with E-state index in [9.17, 15) is 22.4 Å². The number of hydrogen-bond donors (Lipinski definition) is 0. The maximum Gasteiger partial charge on any atom is 0.433 e. The van der Waals surface area contributed by atoms with Crippen LogP contribution in [0.5, 0.6) is 0 Å². The number of benzene rings is 2. The summed E-state index contributed by atoms with van der Waals surface area (Å²) in [5, 5.41) is 3.99. The molecule has 0 unspecified atom stereocenters. The summed E-state index contributed by atoms with van der Waals surface area (Å²) in [6, 6.07) is 13.1. The lowest BCUT2D eigenvalue weighted by molar-refractivity contribution is -0.144. The SMILES string of the molecule is COC(=O)c1cccc(Cn2nc(-c3ccccc3)cc2C(F)(F)F)c1F. The molecule has 27 heavy (non-hydrogen) atoms. The largest absolute Gasteiger partial charge is 0.465 e. The summed E-state index contributed by atoms with van der Waals surface area (Å²) in [5.41, 5.74) is -0.840. The number of methoxy groups -OCH3 is 1. The van der Waals surface area contributed by atoms with Gasteiger partial charge in [0.2, 0.25) is 0 Å². The molecule has 0 atom stereocenters. The first-order chi connectivity index (χ1) is 12.8. The van der Waals surface area contributed by atoms with E-state index in [4.69, 9.17) is 0 Å². The molecule has 2 aromatic carbocycles. The molecule has 0 spiro atoms. The Kier molecular flexibility index (Phi) is 4.98. The van der Waals surface area contributed by atoms with Gasteiger partial charge in [-0.2, -0.15) is 18.3 Å². The average Bonchev–Trinajstić information content (AvgIpc) is 3.08. The van der Waals surface area contributed by atoms with Crippen LogP contribution in [0.3, 0.4) is 0 Å². The highest BCUT2D eigenvalue weighted by atomic mass is 19.4. The van der Waals surface area contributed by atoms with Gasteiger partial charge in [0.05, 0.1) is 24.9 Å². The summed E-state index contributed by atoms with van der Waals surface area (Å²) in [5.74, 6) is -1.84. The van der Waals surface area contributed by atoms with Crippen LogP contribution in [0.2, 0.25) is 0 Å². The van der Waals surface area contributed by atoms with Gasteiger partial charge in [-0.3, -0.25) is 4.68 Å². The second kappa shape index (κ2) is 7.22. The molecule has 0 amide bonds. The normalized spacial score (nSPS) is 11.4. The lowest BCUT2D eigenvalue weighted by Gasteiger charge is -2.12. The molecule has 0 aliphatic heterocycles. The van der Waals surface area contributed by atoms with Crippen molar-refractivity contribution in [1.82, 2.24) is 9.78 Å². The Labute approximate surface area is 152 Å². The molecule has 1 aromatic heterocycles. The summed E-state index contributed by atoms with van der Waals surface area (Å²) in [6.07, 6.45) is -4.67. The molecular formula is C19H14F4N2O2. The van der Waals surface area contributed by atoms with Crippen LogP contribution in [0.1, 0.15) is 21.6 Å². The number of hydrogen-bond acceptors (Lipinski definition) is 3. The molecule has 1 heterocycles. The maximum atomic E-state index is 14.5. The first-order valence-electron chi connectivity index (χ1n) is 7.87. The van der Waals surface area contributed by atoms with E-state index < -0.39 is 30.2 Å². The molecule has 4 nitrogen and oxygen atoms in total. The van der Waals surface area contributed by atoms with E-state index in [-0.39, 0.29) is 16.8 Å². The predicted molar refractivity (Wildman–Crippen MR) is 89.5 cm³/mol. The highest BCUT2D eigenvalue weighted by molar-refractivity contribution is 5.89. The van der Waals surface area contributed by atoms with Gasteiger partial charge in [0.1, 0.15) is 11.5 Å². The molecule has 3 aromatic rings. The minimum absolute atomic E-state index is 0.105. The van der Waals surface area contributed by atoms with Crippen molar-refractivity contribution in [1.29, 1.82) is 0 Å². The van der Waals surface area contributed by atoms with Crippen LogP contribution in [0, 0.1) is 5.82 Å². The van der Waals surface area contributed by atoms with Gasteiger partial charge in [-0.15, -0.1) is 0 Å². The van der Waals surface area contributed by atoms with Gasteiger partial charge in [0.25, 0.3) is 0 Å². The van der Waals surface area contributed by atoms with E-state index in [0.29, 0.717) is 10.2 Å². The Morgan fingerprint density at radius 2 is 1.81 bits per heavy atom. The topological polar surface area (TPSA) is 44.1 Å². The van der Waals surface area contributed by atoms with Crippen LogP contribution >= 0.6 is 0 Å². The summed E-state index contributed by atoms with van der Waals surface area (Å²) in [4.78, 5) is 11.6. The quantitative estimate of drug-likeness (QED) is 0.494. The molecule has 8 heteroatoms. The fraction of sp³-hybridized carbons (Fsp3) is 0.158. The van der Waals surface area contributed by atoms with E-state index in [2.05, 4.69) is 9.84 Å². The molecule has 0 aliphatic carbocycles. The standard InChI is InChI=1S/C19H14F4N2O2/c1-27-18(26)14-9-5-8-13(17(14)20)11-25-16(19(21,22)23)10-15(24-25)12-6-3-2-4-7-12/h2-10H,11H2,1H3. The number of nitrogens with zero attached hydrogens (tertiary/aromatic N) is 2. The molecule has 0 N–H and O–H groups in total. The number of halogens is 4. The third kappa shape index (κ3) is 3.84. The van der Waals surface area contributed by atoms with Gasteiger partial charge in [-0.05, 0) is 12.1 Å². The van der Waals surface area contributed by atoms with Crippen molar-refractivity contribution in [2.75, 3.05) is 7.11 Å². The van der Waals surface area contributed by atoms with Crippen molar-refractivity contribution >= 4 is 5.97 Å². The Bertz CT molecular complexity index is 966. The number of alkyl halides is 3. The van der Waals surface area contributed by atoms with E-state index >= 15 is 0 Å². The number of rotatable bonds is 4. The van der Waals surface area contributed by atoms with E-state index in [1.165, 1.54) is 18.2 Å². The molecule has 0 saturated carbocycles.